The number of anilines is 2. The number of rotatable bonds is 7. The number of ether oxygens (including phenoxy) is 1. The van der Waals surface area contributed by atoms with E-state index in [-0.39, 0.29) is 24.8 Å². The van der Waals surface area contributed by atoms with Gasteiger partial charge in [-0.2, -0.15) is 5.10 Å². The first-order valence-electron chi connectivity index (χ1n) is 20.9. The van der Waals surface area contributed by atoms with Crippen LogP contribution in [0.3, 0.4) is 0 Å². The number of para-hydroxylation sites is 1. The number of piperidine rings is 3. The molecule has 4 fully saturated rings. The molecule has 5 aromatic rings. The van der Waals surface area contributed by atoms with Gasteiger partial charge in [0.05, 0.1) is 22.6 Å². The maximum atomic E-state index is 13.4. The molecular weight excluding hydrogens is 747 g/mol. The minimum absolute atomic E-state index is 0.101. The minimum Gasteiger partial charge on any atom is -0.457 e. The third kappa shape index (κ3) is 6.78. The Morgan fingerprint density at radius 3 is 2.17 bits per heavy atom. The Labute approximate surface area is 341 Å². The van der Waals surface area contributed by atoms with E-state index in [9.17, 15) is 19.2 Å². The van der Waals surface area contributed by atoms with Crippen molar-refractivity contribution < 1.29 is 23.9 Å². The zero-order valence-corrected chi connectivity index (χ0v) is 32.9. The Balaban J connectivity index is 0.746. The van der Waals surface area contributed by atoms with Gasteiger partial charge in [0.2, 0.25) is 11.8 Å². The van der Waals surface area contributed by atoms with Crippen LogP contribution in [0.4, 0.5) is 11.5 Å². The quantitative estimate of drug-likeness (QED) is 0.182. The molecule has 1 unspecified atom stereocenters. The number of carbonyl (C=O) groups excluding carboxylic acids is 4. The molecule has 3 saturated heterocycles. The first kappa shape index (κ1) is 37.1. The van der Waals surface area contributed by atoms with Gasteiger partial charge < -0.3 is 20.3 Å². The van der Waals surface area contributed by atoms with Crippen molar-refractivity contribution in [1.29, 1.82) is 0 Å². The SMILES string of the molecule is Nc1ncnc2c1c(-c1ccc(Oc3ccccc3)cc1)nn2C1CCC2(CC1)CCN(C1CCN(c3ccc4c(c3)C(=O)N(C3CCC(=O)NC3=O)C4=O)CC1)CC2. The van der Waals surface area contributed by atoms with E-state index in [1.807, 2.05) is 60.7 Å². The van der Waals surface area contributed by atoms with Gasteiger partial charge in [0.1, 0.15) is 35.4 Å². The Bertz CT molecular complexity index is 2440. The fraction of sp³-hybridized carbons (Fsp3) is 0.400. The predicted molar refractivity (Wildman–Crippen MR) is 221 cm³/mol. The van der Waals surface area contributed by atoms with E-state index in [1.165, 1.54) is 19.2 Å². The number of nitrogens with one attached hydrogen (secondary N) is 1. The lowest BCUT2D eigenvalue weighted by Crippen LogP contribution is -2.54. The summed E-state index contributed by atoms with van der Waals surface area (Å²) in [5, 5.41) is 8.22. The summed E-state index contributed by atoms with van der Waals surface area (Å²) in [6.45, 7) is 3.93. The first-order chi connectivity index (χ1) is 28.7. The highest BCUT2D eigenvalue weighted by molar-refractivity contribution is 6.23. The molecule has 302 valence electrons. The topological polar surface area (TPSA) is 169 Å². The maximum Gasteiger partial charge on any atom is 0.262 e. The van der Waals surface area contributed by atoms with E-state index >= 15 is 0 Å². The molecule has 1 saturated carbocycles. The van der Waals surface area contributed by atoms with Gasteiger partial charge >= 0.3 is 0 Å². The van der Waals surface area contributed by atoms with E-state index in [1.54, 1.807) is 12.1 Å². The number of nitrogen functional groups attached to an aromatic ring is 1. The van der Waals surface area contributed by atoms with Crippen molar-refractivity contribution in [3.05, 3.63) is 90.3 Å². The zero-order chi connectivity index (χ0) is 40.3. The maximum absolute atomic E-state index is 13.4. The van der Waals surface area contributed by atoms with Crippen LogP contribution in [0.2, 0.25) is 0 Å². The van der Waals surface area contributed by atoms with E-state index < -0.39 is 23.8 Å². The molecule has 4 aliphatic heterocycles. The highest BCUT2D eigenvalue weighted by Crippen LogP contribution is 2.49. The van der Waals surface area contributed by atoms with Gasteiger partial charge in [0, 0.05) is 36.8 Å². The van der Waals surface area contributed by atoms with Gasteiger partial charge in [-0.15, -0.1) is 0 Å². The first-order valence-corrected chi connectivity index (χ1v) is 20.9. The largest absolute Gasteiger partial charge is 0.457 e. The summed E-state index contributed by atoms with van der Waals surface area (Å²) in [5.41, 5.74) is 10.9. The number of amides is 4. The molecule has 1 atom stereocenters. The molecule has 6 heterocycles. The van der Waals surface area contributed by atoms with Crippen LogP contribution in [-0.2, 0) is 9.59 Å². The fourth-order valence-electron chi connectivity index (χ4n) is 10.2. The van der Waals surface area contributed by atoms with Crippen molar-refractivity contribution in [1.82, 2.24) is 34.9 Å². The molecule has 0 bridgehead atoms. The number of fused-ring (bicyclic) bond motifs is 2. The summed E-state index contributed by atoms with van der Waals surface area (Å²) in [6, 6.07) is 22.9. The number of imide groups is 2. The van der Waals surface area contributed by atoms with E-state index in [4.69, 9.17) is 20.6 Å². The lowest BCUT2D eigenvalue weighted by molar-refractivity contribution is -0.136. The van der Waals surface area contributed by atoms with Gasteiger partial charge in [-0.25, -0.2) is 14.6 Å². The summed E-state index contributed by atoms with van der Waals surface area (Å²) in [5.74, 6) is 0.0465. The smallest absolute Gasteiger partial charge is 0.262 e. The van der Waals surface area contributed by atoms with Crippen LogP contribution in [0.15, 0.2) is 79.1 Å². The highest BCUT2D eigenvalue weighted by Gasteiger charge is 2.45. The van der Waals surface area contributed by atoms with Crippen LogP contribution in [0.1, 0.15) is 91.0 Å². The Hall–Kier alpha value is -6.15. The molecule has 2 aromatic heterocycles. The van der Waals surface area contributed by atoms with Crippen LogP contribution in [0, 0.1) is 5.41 Å². The van der Waals surface area contributed by atoms with Gasteiger partial charge in [-0.1, -0.05) is 18.2 Å². The molecule has 10 rings (SSSR count). The minimum atomic E-state index is -0.963. The molecule has 14 nitrogen and oxygen atoms in total. The summed E-state index contributed by atoms with van der Waals surface area (Å²) >= 11 is 0. The standard InChI is InChI=1S/C45H47N9O5/c46-40-38-39(28-6-9-33(10-7-28)59-32-4-2-1-3-5-32)50-54(41(38)48-27-47-40)30-14-18-45(19-15-30)20-24-52(25-21-45)29-16-22-51(23-17-29)31-8-11-34-35(26-31)44(58)53(43(34)57)36-12-13-37(55)49-42(36)56/h1-11,26-27,29-30,36H,12-25H2,(H2,46,47,48)(H,49,55,56). The number of likely N-dealkylation sites (tertiary alicyclic amines) is 1. The fourth-order valence-corrected chi connectivity index (χ4v) is 10.2. The zero-order valence-electron chi connectivity index (χ0n) is 32.9. The molecular formula is C45H47N9O5. The monoisotopic (exact) mass is 793 g/mol. The van der Waals surface area contributed by atoms with Crippen LogP contribution in [0.25, 0.3) is 22.3 Å². The number of nitrogens with zero attached hydrogens (tertiary/aromatic N) is 7. The number of nitrogens with two attached hydrogens (primary N) is 1. The lowest BCUT2D eigenvalue weighted by atomic mass is 9.66. The molecule has 59 heavy (non-hydrogen) atoms. The molecule has 14 heteroatoms. The number of hydrogen-bond acceptors (Lipinski definition) is 11. The van der Waals surface area contributed by atoms with Crippen LogP contribution in [-0.4, -0.2) is 91.4 Å². The van der Waals surface area contributed by atoms with Crippen molar-refractivity contribution >= 4 is 46.2 Å². The Morgan fingerprint density at radius 1 is 0.729 bits per heavy atom. The summed E-state index contributed by atoms with van der Waals surface area (Å²) in [4.78, 5) is 65.8. The second-order valence-electron chi connectivity index (χ2n) is 16.9. The van der Waals surface area contributed by atoms with Crippen LogP contribution >= 0.6 is 0 Å². The van der Waals surface area contributed by atoms with Crippen molar-refractivity contribution in [2.24, 2.45) is 5.41 Å². The van der Waals surface area contributed by atoms with E-state index in [2.05, 4.69) is 24.8 Å². The van der Waals surface area contributed by atoms with Crippen molar-refractivity contribution in [3.8, 4) is 22.8 Å². The van der Waals surface area contributed by atoms with Crippen LogP contribution in [0.5, 0.6) is 11.5 Å². The van der Waals surface area contributed by atoms with Gasteiger partial charge in [-0.3, -0.25) is 29.4 Å². The molecule has 0 radical (unpaired) electrons. The van der Waals surface area contributed by atoms with E-state index in [0.717, 1.165) is 109 Å². The third-order valence-corrected chi connectivity index (χ3v) is 13.6. The van der Waals surface area contributed by atoms with Crippen molar-refractivity contribution in [2.45, 2.75) is 82.3 Å². The summed E-state index contributed by atoms with van der Waals surface area (Å²) in [7, 11) is 0. The normalized spacial score (nSPS) is 21.7. The highest BCUT2D eigenvalue weighted by atomic mass is 16.5. The number of hydrogen-bond donors (Lipinski definition) is 2. The number of aromatic nitrogens is 4. The molecule has 3 N–H and O–H groups in total. The summed E-state index contributed by atoms with van der Waals surface area (Å²) in [6.07, 6.45) is 10.6. The molecule has 1 spiro atoms. The Kier molecular flexibility index (Phi) is 9.38. The van der Waals surface area contributed by atoms with Crippen LogP contribution < -0.4 is 20.7 Å². The predicted octanol–water partition coefficient (Wildman–Crippen LogP) is 6.14. The Morgan fingerprint density at radius 2 is 1.44 bits per heavy atom. The van der Waals surface area contributed by atoms with Gasteiger partial charge in [0.15, 0.2) is 5.65 Å². The second-order valence-corrected chi connectivity index (χ2v) is 16.9. The number of carbonyl (C=O) groups is 4. The third-order valence-electron chi connectivity index (χ3n) is 13.6. The van der Waals surface area contributed by atoms with E-state index in [0.29, 0.717) is 28.4 Å². The second kappa shape index (κ2) is 14.9. The molecule has 4 amide bonds. The number of benzene rings is 3. The molecule has 5 aliphatic rings. The average Bonchev–Trinajstić information content (AvgIpc) is 3.77. The molecule has 1 aliphatic carbocycles. The molecule has 3 aromatic carbocycles. The average molecular weight is 794 g/mol. The van der Waals surface area contributed by atoms with Crippen molar-refractivity contribution in [2.75, 3.05) is 36.8 Å². The van der Waals surface area contributed by atoms with Gasteiger partial charge in [-0.05, 0) is 131 Å². The lowest BCUT2D eigenvalue weighted by Gasteiger charge is -2.49. The van der Waals surface area contributed by atoms with Gasteiger partial charge in [0.25, 0.3) is 11.8 Å². The summed E-state index contributed by atoms with van der Waals surface area (Å²) < 4.78 is 8.13. The van der Waals surface area contributed by atoms with Crippen molar-refractivity contribution in [3.63, 3.8) is 0 Å².